The summed E-state index contributed by atoms with van der Waals surface area (Å²) in [5.74, 6) is -2.76. The number of para-hydroxylation sites is 1. The van der Waals surface area contributed by atoms with Gasteiger partial charge >= 0.3 is 12.1 Å². The van der Waals surface area contributed by atoms with E-state index in [0.717, 1.165) is 47.7 Å². The maximum Gasteiger partial charge on any atom is 0.490 e. The molecule has 0 aliphatic carbocycles. The molecule has 0 unspecified atom stereocenters. The normalized spacial score (nSPS) is 15.3. The van der Waals surface area contributed by atoms with Crippen molar-refractivity contribution in [3.63, 3.8) is 0 Å². The molecular formula is C26H25F3N4O3. The number of anilines is 1. The van der Waals surface area contributed by atoms with Crippen molar-refractivity contribution >= 4 is 29.7 Å². The van der Waals surface area contributed by atoms with Crippen LogP contribution in [0.5, 0.6) is 0 Å². The van der Waals surface area contributed by atoms with Gasteiger partial charge in [0, 0.05) is 54.9 Å². The van der Waals surface area contributed by atoms with Gasteiger partial charge in [0.25, 0.3) is 5.91 Å². The maximum atomic E-state index is 12.0. The van der Waals surface area contributed by atoms with E-state index in [9.17, 15) is 18.0 Å². The minimum absolute atomic E-state index is 0.00134. The topological polar surface area (TPSA) is 98.3 Å². The summed E-state index contributed by atoms with van der Waals surface area (Å²) in [6.07, 6.45) is 4.31. The fourth-order valence-corrected chi connectivity index (χ4v) is 4.21. The van der Waals surface area contributed by atoms with Crippen molar-refractivity contribution in [2.45, 2.75) is 25.4 Å². The molecule has 0 spiro atoms. The standard InChI is InChI=1S/C24H24N4O.C2HF3O2/c29-24-20-16-22(27-21(20)10-12-26-24)18-9-11-25-19(15-18)8-7-17-5-1-2-6-23(17)28-13-3-4-14-28;3-2(4,5)1(6)7/h1-2,5-9,11,15-16,27H,3-4,10,12-14H2,(H,26,29);(H,6,7)/b8-7+;. The molecule has 2 aliphatic rings. The first-order chi connectivity index (χ1) is 17.2. The summed E-state index contributed by atoms with van der Waals surface area (Å²) in [4.78, 5) is 31.3. The quantitative estimate of drug-likeness (QED) is 0.482. The molecule has 1 saturated heterocycles. The smallest absolute Gasteiger partial charge is 0.475 e. The molecule has 3 N–H and O–H groups in total. The lowest BCUT2D eigenvalue weighted by Gasteiger charge is -2.19. The van der Waals surface area contributed by atoms with Gasteiger partial charge in [-0.1, -0.05) is 24.3 Å². The lowest BCUT2D eigenvalue weighted by Crippen LogP contribution is -2.31. The van der Waals surface area contributed by atoms with Crippen LogP contribution in [-0.2, 0) is 11.2 Å². The Kier molecular flexibility index (Phi) is 7.42. The van der Waals surface area contributed by atoms with E-state index in [2.05, 4.69) is 62.7 Å². The Morgan fingerprint density at radius 3 is 2.50 bits per heavy atom. The van der Waals surface area contributed by atoms with Gasteiger partial charge < -0.3 is 20.3 Å². The molecule has 7 nitrogen and oxygen atoms in total. The molecule has 3 aromatic rings. The van der Waals surface area contributed by atoms with Crippen molar-refractivity contribution in [1.82, 2.24) is 15.3 Å². The van der Waals surface area contributed by atoms with Gasteiger partial charge in [0.1, 0.15) is 0 Å². The van der Waals surface area contributed by atoms with E-state index in [1.807, 2.05) is 18.3 Å². The number of hydrogen-bond acceptors (Lipinski definition) is 4. The molecule has 1 amide bonds. The summed E-state index contributed by atoms with van der Waals surface area (Å²) in [6.45, 7) is 2.94. The van der Waals surface area contributed by atoms with Gasteiger partial charge in [0.2, 0.25) is 0 Å². The second-order valence-electron chi connectivity index (χ2n) is 8.44. The Hall–Kier alpha value is -4.08. The number of carbonyl (C=O) groups excluding carboxylic acids is 1. The molecule has 0 radical (unpaired) electrons. The summed E-state index contributed by atoms with van der Waals surface area (Å²) in [7, 11) is 0. The van der Waals surface area contributed by atoms with Gasteiger partial charge in [-0.2, -0.15) is 13.2 Å². The number of benzene rings is 1. The molecule has 0 atom stereocenters. The maximum absolute atomic E-state index is 12.0. The third-order valence-corrected chi connectivity index (χ3v) is 5.96. The van der Waals surface area contributed by atoms with E-state index < -0.39 is 12.1 Å². The van der Waals surface area contributed by atoms with E-state index in [4.69, 9.17) is 9.90 Å². The minimum Gasteiger partial charge on any atom is -0.475 e. The Labute approximate surface area is 205 Å². The van der Waals surface area contributed by atoms with Crippen LogP contribution in [0.4, 0.5) is 18.9 Å². The monoisotopic (exact) mass is 498 g/mol. The van der Waals surface area contributed by atoms with Crippen LogP contribution in [0, 0.1) is 0 Å². The number of alkyl halides is 3. The number of amides is 1. The van der Waals surface area contributed by atoms with E-state index in [1.165, 1.54) is 24.1 Å². The molecular weight excluding hydrogens is 473 g/mol. The molecule has 10 heteroatoms. The largest absolute Gasteiger partial charge is 0.490 e. The van der Waals surface area contributed by atoms with E-state index in [1.54, 1.807) is 0 Å². The summed E-state index contributed by atoms with van der Waals surface area (Å²) >= 11 is 0. The number of nitrogens with zero attached hydrogens (tertiary/aromatic N) is 2. The highest BCUT2D eigenvalue weighted by molar-refractivity contribution is 5.97. The summed E-state index contributed by atoms with van der Waals surface area (Å²) < 4.78 is 31.7. The zero-order valence-electron chi connectivity index (χ0n) is 19.3. The average Bonchev–Trinajstić information content (AvgIpc) is 3.54. The van der Waals surface area contributed by atoms with Crippen LogP contribution in [0.3, 0.4) is 0 Å². The third kappa shape index (κ3) is 5.94. The highest BCUT2D eigenvalue weighted by Crippen LogP contribution is 2.27. The summed E-state index contributed by atoms with van der Waals surface area (Å²) in [5.41, 5.74) is 7.16. The van der Waals surface area contributed by atoms with Crippen LogP contribution in [-0.4, -0.2) is 52.8 Å². The number of aliphatic carboxylic acids is 1. The molecule has 188 valence electrons. The highest BCUT2D eigenvalue weighted by Gasteiger charge is 2.38. The number of carboxylic acids is 1. The van der Waals surface area contributed by atoms with Gasteiger partial charge in [-0.3, -0.25) is 9.78 Å². The second kappa shape index (κ2) is 10.7. The van der Waals surface area contributed by atoms with Crippen molar-refractivity contribution in [2.24, 2.45) is 0 Å². The number of hydrogen-bond donors (Lipinski definition) is 3. The lowest BCUT2D eigenvalue weighted by atomic mass is 10.1. The Morgan fingerprint density at radius 1 is 1.08 bits per heavy atom. The van der Waals surface area contributed by atoms with Gasteiger partial charge in [0.05, 0.1) is 11.3 Å². The lowest BCUT2D eigenvalue weighted by molar-refractivity contribution is -0.192. The van der Waals surface area contributed by atoms with Gasteiger partial charge in [-0.25, -0.2) is 4.79 Å². The Morgan fingerprint density at radius 2 is 1.81 bits per heavy atom. The fourth-order valence-electron chi connectivity index (χ4n) is 4.21. The van der Waals surface area contributed by atoms with Gasteiger partial charge in [-0.05, 0) is 48.7 Å². The molecule has 1 fully saturated rings. The van der Waals surface area contributed by atoms with E-state index in [-0.39, 0.29) is 5.91 Å². The van der Waals surface area contributed by atoms with Crippen LogP contribution in [0.2, 0.25) is 0 Å². The Bertz CT molecular complexity index is 1280. The molecule has 2 aliphatic heterocycles. The van der Waals surface area contributed by atoms with Gasteiger partial charge in [0.15, 0.2) is 0 Å². The number of carbonyl (C=O) groups is 2. The first kappa shape index (κ1) is 25.0. The highest BCUT2D eigenvalue weighted by atomic mass is 19.4. The van der Waals surface area contributed by atoms with Crippen molar-refractivity contribution in [3.05, 3.63) is 71.2 Å². The third-order valence-electron chi connectivity index (χ3n) is 5.96. The number of aromatic nitrogens is 2. The number of pyridine rings is 1. The predicted molar refractivity (Wildman–Crippen MR) is 131 cm³/mol. The fraction of sp³-hybridized carbons (Fsp3) is 0.269. The SMILES string of the molecule is O=C(O)C(F)(F)F.O=C1NCCc2[nH]c(-c3ccnc(/C=C/c4ccccc4N4CCCC4)c3)cc21. The van der Waals surface area contributed by atoms with E-state index >= 15 is 0 Å². The average molecular weight is 499 g/mol. The van der Waals surface area contributed by atoms with Crippen molar-refractivity contribution < 1.29 is 27.9 Å². The molecule has 0 saturated carbocycles. The molecule has 2 aromatic heterocycles. The molecule has 4 heterocycles. The zero-order chi connectivity index (χ0) is 25.7. The van der Waals surface area contributed by atoms with E-state index in [0.29, 0.717) is 6.54 Å². The van der Waals surface area contributed by atoms with Crippen LogP contribution in [0.25, 0.3) is 23.4 Å². The molecule has 1 aromatic carbocycles. The Balaban J connectivity index is 0.000000384. The van der Waals surface area contributed by atoms with Crippen molar-refractivity contribution in [3.8, 4) is 11.3 Å². The van der Waals surface area contributed by atoms with Crippen LogP contribution >= 0.6 is 0 Å². The second-order valence-corrected chi connectivity index (χ2v) is 8.44. The van der Waals surface area contributed by atoms with Crippen molar-refractivity contribution in [1.29, 1.82) is 0 Å². The van der Waals surface area contributed by atoms with Crippen LogP contribution in [0.1, 0.15) is 40.2 Å². The minimum atomic E-state index is -5.08. The number of rotatable bonds is 4. The summed E-state index contributed by atoms with van der Waals surface area (Å²) in [6, 6.07) is 14.5. The first-order valence-electron chi connectivity index (χ1n) is 11.5. The van der Waals surface area contributed by atoms with Crippen molar-refractivity contribution in [2.75, 3.05) is 24.5 Å². The molecule has 36 heavy (non-hydrogen) atoms. The number of fused-ring (bicyclic) bond motifs is 1. The number of halogens is 3. The van der Waals surface area contributed by atoms with Gasteiger partial charge in [-0.15, -0.1) is 0 Å². The number of nitrogens with one attached hydrogen (secondary N) is 2. The summed E-state index contributed by atoms with van der Waals surface area (Å²) in [5, 5.41) is 10.0. The number of carboxylic acid groups (broad SMARTS) is 1. The number of aromatic amines is 1. The first-order valence-corrected chi connectivity index (χ1v) is 11.5. The van der Waals surface area contributed by atoms with Crippen LogP contribution < -0.4 is 10.2 Å². The molecule has 5 rings (SSSR count). The number of H-pyrrole nitrogens is 1. The molecule has 0 bridgehead atoms. The predicted octanol–water partition coefficient (Wildman–Crippen LogP) is 4.77. The zero-order valence-corrected chi connectivity index (χ0v) is 19.3. The van der Waals surface area contributed by atoms with Crippen LogP contribution in [0.15, 0.2) is 48.7 Å².